The van der Waals surface area contributed by atoms with Crippen molar-refractivity contribution in [3.63, 3.8) is 0 Å². The number of hydrogen-bond donors (Lipinski definition) is 1. The Morgan fingerprint density at radius 3 is 2.46 bits per heavy atom. The van der Waals surface area contributed by atoms with E-state index in [9.17, 15) is 0 Å². The molecule has 0 amide bonds. The smallest absolute Gasteiger partial charge is 0.222 e. The lowest BCUT2D eigenvalue weighted by Crippen LogP contribution is -2.48. The lowest BCUT2D eigenvalue weighted by atomic mass is 10.1. The summed E-state index contributed by atoms with van der Waals surface area (Å²) in [6.07, 6.45) is 8.76. The van der Waals surface area contributed by atoms with Gasteiger partial charge in [0.25, 0.3) is 0 Å². The maximum atomic E-state index is 5.89. The molecule has 0 aromatic carbocycles. The molecule has 2 aromatic heterocycles. The zero-order valence-corrected chi connectivity index (χ0v) is 17.9. The van der Waals surface area contributed by atoms with Gasteiger partial charge in [-0.3, -0.25) is 4.90 Å². The molecular formula is C21H37N7. The van der Waals surface area contributed by atoms with Crippen molar-refractivity contribution < 1.29 is 0 Å². The molecule has 156 valence electrons. The van der Waals surface area contributed by atoms with E-state index < -0.39 is 0 Å². The largest absolute Gasteiger partial charge is 0.368 e. The minimum Gasteiger partial charge on any atom is -0.368 e. The first kappa shape index (κ1) is 21.0. The minimum atomic E-state index is 0.338. The molecule has 0 aliphatic carbocycles. The van der Waals surface area contributed by atoms with E-state index in [4.69, 9.17) is 5.73 Å². The third-order valence-corrected chi connectivity index (χ3v) is 5.84. The standard InChI is InChI=1S/C21H37N7/c1-4-5-6-9-18-19-20(25-21(22)24-18)23-16-28(19)11-8-7-10-26-12-14-27(15-13-26)17(2)3/h16-17H,4-15H2,1-3H3,(H2,22,24,25). The number of piperazine rings is 1. The van der Waals surface area contributed by atoms with Gasteiger partial charge in [0.15, 0.2) is 5.65 Å². The van der Waals surface area contributed by atoms with Crippen LogP contribution in [0.15, 0.2) is 6.33 Å². The molecule has 0 unspecified atom stereocenters. The summed E-state index contributed by atoms with van der Waals surface area (Å²) in [4.78, 5) is 18.5. The molecule has 1 saturated heterocycles. The van der Waals surface area contributed by atoms with Gasteiger partial charge in [-0.15, -0.1) is 0 Å². The van der Waals surface area contributed by atoms with Crippen LogP contribution in [0.4, 0.5) is 5.95 Å². The van der Waals surface area contributed by atoms with Crippen molar-refractivity contribution in [3.8, 4) is 0 Å². The molecule has 1 aliphatic heterocycles. The van der Waals surface area contributed by atoms with E-state index in [1.807, 2.05) is 6.33 Å². The minimum absolute atomic E-state index is 0.338. The number of unbranched alkanes of at least 4 members (excludes halogenated alkanes) is 3. The molecule has 1 fully saturated rings. The van der Waals surface area contributed by atoms with Crippen LogP contribution in [-0.4, -0.2) is 68.1 Å². The van der Waals surface area contributed by atoms with Gasteiger partial charge in [0, 0.05) is 38.8 Å². The zero-order chi connectivity index (χ0) is 19.9. The molecule has 1 aliphatic rings. The van der Waals surface area contributed by atoms with Gasteiger partial charge in [0.05, 0.1) is 12.0 Å². The number of anilines is 1. The summed E-state index contributed by atoms with van der Waals surface area (Å²) in [6, 6.07) is 0.666. The number of rotatable bonds is 10. The van der Waals surface area contributed by atoms with Crippen LogP contribution in [0.25, 0.3) is 11.2 Å². The van der Waals surface area contributed by atoms with Crippen LogP contribution in [0, 0.1) is 0 Å². The number of nitrogen functional groups attached to an aromatic ring is 1. The van der Waals surface area contributed by atoms with Gasteiger partial charge in [-0.2, -0.15) is 4.98 Å². The summed E-state index contributed by atoms with van der Waals surface area (Å²) < 4.78 is 2.23. The molecular weight excluding hydrogens is 350 g/mol. The maximum Gasteiger partial charge on any atom is 0.222 e. The molecule has 0 saturated carbocycles. The fraction of sp³-hybridized carbons (Fsp3) is 0.762. The number of nitrogens with zero attached hydrogens (tertiary/aromatic N) is 6. The molecule has 0 atom stereocenters. The highest BCUT2D eigenvalue weighted by Crippen LogP contribution is 2.19. The number of hydrogen-bond acceptors (Lipinski definition) is 6. The van der Waals surface area contributed by atoms with E-state index in [2.05, 4.69) is 50.1 Å². The molecule has 7 heteroatoms. The van der Waals surface area contributed by atoms with Gasteiger partial charge in [-0.1, -0.05) is 19.8 Å². The number of aryl methyl sites for hydroxylation is 2. The normalized spacial score (nSPS) is 16.4. The Kier molecular flexibility index (Phi) is 7.62. The predicted octanol–water partition coefficient (Wildman–Crippen LogP) is 2.95. The third-order valence-electron chi connectivity index (χ3n) is 5.84. The molecule has 0 spiro atoms. The van der Waals surface area contributed by atoms with Crippen molar-refractivity contribution in [2.75, 3.05) is 38.5 Å². The lowest BCUT2D eigenvalue weighted by Gasteiger charge is -2.36. The lowest BCUT2D eigenvalue weighted by molar-refractivity contribution is 0.107. The Bertz CT molecular complexity index is 732. The fourth-order valence-electron chi connectivity index (χ4n) is 4.08. The topological polar surface area (TPSA) is 76.1 Å². The monoisotopic (exact) mass is 387 g/mol. The van der Waals surface area contributed by atoms with Gasteiger partial charge >= 0.3 is 0 Å². The van der Waals surface area contributed by atoms with Crippen molar-refractivity contribution in [2.45, 2.75) is 71.9 Å². The van der Waals surface area contributed by atoms with Crippen LogP contribution in [0.5, 0.6) is 0 Å². The molecule has 0 bridgehead atoms. The summed E-state index contributed by atoms with van der Waals surface area (Å²) in [5, 5.41) is 0. The van der Waals surface area contributed by atoms with Crippen molar-refractivity contribution >= 4 is 17.1 Å². The van der Waals surface area contributed by atoms with Crippen molar-refractivity contribution in [1.82, 2.24) is 29.3 Å². The van der Waals surface area contributed by atoms with E-state index in [0.717, 1.165) is 42.7 Å². The average molecular weight is 388 g/mol. The Balaban J connectivity index is 1.52. The molecule has 2 N–H and O–H groups in total. The Morgan fingerprint density at radius 1 is 1.00 bits per heavy atom. The highest BCUT2D eigenvalue weighted by atomic mass is 15.3. The summed E-state index contributed by atoms with van der Waals surface area (Å²) in [5.74, 6) is 0.338. The summed E-state index contributed by atoms with van der Waals surface area (Å²) in [6.45, 7) is 13.7. The quantitative estimate of drug-likeness (QED) is 0.632. The summed E-state index contributed by atoms with van der Waals surface area (Å²) >= 11 is 0. The van der Waals surface area contributed by atoms with Crippen LogP contribution in [0.3, 0.4) is 0 Å². The molecule has 2 aromatic rings. The molecule has 3 heterocycles. The average Bonchev–Trinajstić information content (AvgIpc) is 3.08. The Labute approximate surface area is 169 Å². The van der Waals surface area contributed by atoms with Crippen LogP contribution in [0.1, 0.15) is 58.6 Å². The maximum absolute atomic E-state index is 5.89. The van der Waals surface area contributed by atoms with Crippen molar-refractivity contribution in [1.29, 1.82) is 0 Å². The second kappa shape index (κ2) is 10.2. The molecule has 0 radical (unpaired) electrons. The third kappa shape index (κ3) is 5.41. The Morgan fingerprint density at radius 2 is 1.75 bits per heavy atom. The van der Waals surface area contributed by atoms with E-state index in [0.29, 0.717) is 12.0 Å². The molecule has 3 rings (SSSR count). The van der Waals surface area contributed by atoms with Gasteiger partial charge in [-0.05, 0) is 46.1 Å². The number of imidazole rings is 1. The fourth-order valence-corrected chi connectivity index (χ4v) is 4.08. The summed E-state index contributed by atoms with van der Waals surface area (Å²) in [7, 11) is 0. The summed E-state index contributed by atoms with van der Waals surface area (Å²) in [5.41, 5.74) is 8.76. The Hall–Kier alpha value is -1.73. The highest BCUT2D eigenvalue weighted by Gasteiger charge is 2.18. The number of nitrogens with two attached hydrogens (primary N) is 1. The van der Waals surface area contributed by atoms with Gasteiger partial charge in [0.2, 0.25) is 5.95 Å². The van der Waals surface area contributed by atoms with Crippen LogP contribution < -0.4 is 5.73 Å². The second-order valence-corrected chi connectivity index (χ2v) is 8.27. The van der Waals surface area contributed by atoms with E-state index in [-0.39, 0.29) is 0 Å². The first-order valence-electron chi connectivity index (χ1n) is 11.0. The van der Waals surface area contributed by atoms with Gasteiger partial charge < -0.3 is 15.2 Å². The van der Waals surface area contributed by atoms with E-state index >= 15 is 0 Å². The van der Waals surface area contributed by atoms with Crippen LogP contribution >= 0.6 is 0 Å². The van der Waals surface area contributed by atoms with Crippen LogP contribution in [-0.2, 0) is 13.0 Å². The highest BCUT2D eigenvalue weighted by molar-refractivity contribution is 5.74. The van der Waals surface area contributed by atoms with E-state index in [1.54, 1.807) is 0 Å². The number of fused-ring (bicyclic) bond motifs is 1. The van der Waals surface area contributed by atoms with Gasteiger partial charge in [-0.25, -0.2) is 9.97 Å². The molecule has 28 heavy (non-hydrogen) atoms. The molecule has 7 nitrogen and oxygen atoms in total. The first-order valence-corrected chi connectivity index (χ1v) is 11.0. The van der Waals surface area contributed by atoms with Crippen molar-refractivity contribution in [2.24, 2.45) is 0 Å². The van der Waals surface area contributed by atoms with Crippen molar-refractivity contribution in [3.05, 3.63) is 12.0 Å². The van der Waals surface area contributed by atoms with E-state index in [1.165, 1.54) is 52.0 Å². The van der Waals surface area contributed by atoms with Gasteiger partial charge in [0.1, 0.15) is 5.52 Å². The zero-order valence-electron chi connectivity index (χ0n) is 17.9. The van der Waals surface area contributed by atoms with Crippen LogP contribution in [0.2, 0.25) is 0 Å². The number of aromatic nitrogens is 4. The SMILES string of the molecule is CCCCCc1nc(N)nc2ncn(CCCCN3CCN(C(C)C)CC3)c12. The first-order chi connectivity index (χ1) is 13.6. The predicted molar refractivity (Wildman–Crippen MR) is 115 cm³/mol. The second-order valence-electron chi connectivity index (χ2n) is 8.27.